The van der Waals surface area contributed by atoms with Crippen LogP contribution in [0.15, 0.2) is 66.9 Å². The smallest absolute Gasteiger partial charge is 0.161 e. The minimum atomic E-state index is -0.570. The normalized spacial score (nSPS) is 12.0. The van der Waals surface area contributed by atoms with Crippen molar-refractivity contribution in [1.29, 1.82) is 0 Å². The number of hydrogen-bond donors (Lipinski definition) is 2. The molecule has 5 nitrogen and oxygen atoms in total. The number of nitrogens with zero attached hydrogens (tertiary/aromatic N) is 2. The summed E-state index contributed by atoms with van der Waals surface area (Å²) in [5, 5.41) is 14.8. The number of nitrogens with one attached hydrogen (secondary N) is 1. The highest BCUT2D eigenvalue weighted by Gasteiger charge is 2.11. The van der Waals surface area contributed by atoms with Gasteiger partial charge in [0, 0.05) is 22.3 Å². The van der Waals surface area contributed by atoms with Gasteiger partial charge in [0.05, 0.1) is 17.5 Å². The number of aliphatic hydroxyl groups excluding tert-OH is 1. The van der Waals surface area contributed by atoms with Crippen LogP contribution in [0.25, 0.3) is 11.0 Å². The fourth-order valence-electron chi connectivity index (χ4n) is 3.37. The topological polar surface area (TPSA) is 67.3 Å². The maximum absolute atomic E-state index is 9.86. The molecule has 1 unspecified atom stereocenters. The van der Waals surface area contributed by atoms with Gasteiger partial charge in [-0.25, -0.2) is 9.97 Å². The van der Waals surface area contributed by atoms with E-state index in [1.807, 2.05) is 54.6 Å². The van der Waals surface area contributed by atoms with E-state index in [9.17, 15) is 5.11 Å². The van der Waals surface area contributed by atoms with E-state index in [-0.39, 0.29) is 0 Å². The van der Waals surface area contributed by atoms with E-state index in [2.05, 4.69) is 22.2 Å². The van der Waals surface area contributed by atoms with Crippen LogP contribution in [0.2, 0.25) is 5.02 Å². The number of benzene rings is 2. The average molecular weight is 434 g/mol. The summed E-state index contributed by atoms with van der Waals surface area (Å²) in [6, 6.07) is 18.8. The maximum Gasteiger partial charge on any atom is 0.161 e. The Morgan fingerprint density at radius 1 is 1.06 bits per heavy atom. The number of pyridine rings is 2. The molecule has 0 aliphatic rings. The second-order valence-corrected chi connectivity index (χ2v) is 7.83. The summed E-state index contributed by atoms with van der Waals surface area (Å²) in [7, 11) is 0. The molecule has 0 saturated carbocycles. The van der Waals surface area contributed by atoms with Crippen LogP contribution in [0.5, 0.6) is 11.5 Å². The van der Waals surface area contributed by atoms with Crippen molar-refractivity contribution in [2.45, 2.75) is 32.8 Å². The quantitative estimate of drug-likeness (QED) is 0.334. The Kier molecular flexibility index (Phi) is 6.35. The molecule has 2 aromatic heterocycles. The molecule has 0 aliphatic heterocycles. The van der Waals surface area contributed by atoms with E-state index < -0.39 is 6.10 Å². The number of halogens is 1. The highest BCUT2D eigenvalue weighted by atomic mass is 35.5. The van der Waals surface area contributed by atoms with Crippen molar-refractivity contribution in [1.82, 2.24) is 9.97 Å². The summed E-state index contributed by atoms with van der Waals surface area (Å²) in [5.41, 5.74) is 4.11. The SMILES string of the molecule is CCCc1ccc2c(Nc3cc(Cl)ccc3Oc3cccc(C(C)O)c3)ccnc2n1. The standard InChI is InChI=1S/C25H24ClN3O2/c1-3-5-19-9-10-21-22(12-13-27-25(21)28-19)29-23-15-18(26)8-11-24(23)31-20-7-4-6-17(14-20)16(2)30/h4,6-16,30H,3,5H2,1-2H3,(H,27,28,29). The number of rotatable bonds is 7. The van der Waals surface area contributed by atoms with E-state index in [0.717, 1.165) is 40.9 Å². The monoisotopic (exact) mass is 433 g/mol. The molecule has 0 fully saturated rings. The summed E-state index contributed by atoms with van der Waals surface area (Å²) < 4.78 is 6.13. The molecule has 4 aromatic rings. The van der Waals surface area contributed by atoms with E-state index in [4.69, 9.17) is 16.3 Å². The Morgan fingerprint density at radius 2 is 1.94 bits per heavy atom. The van der Waals surface area contributed by atoms with Gasteiger partial charge in [0.1, 0.15) is 5.75 Å². The van der Waals surface area contributed by atoms with E-state index in [0.29, 0.717) is 22.2 Å². The lowest BCUT2D eigenvalue weighted by atomic mass is 10.1. The van der Waals surface area contributed by atoms with Crippen molar-refractivity contribution in [3.63, 3.8) is 0 Å². The summed E-state index contributed by atoms with van der Waals surface area (Å²) in [6.45, 7) is 3.86. The second kappa shape index (κ2) is 9.33. The molecule has 2 aromatic carbocycles. The second-order valence-electron chi connectivity index (χ2n) is 7.40. The zero-order valence-corrected chi connectivity index (χ0v) is 18.2. The predicted octanol–water partition coefficient (Wildman–Crippen LogP) is 6.82. The Morgan fingerprint density at radius 3 is 2.74 bits per heavy atom. The van der Waals surface area contributed by atoms with Gasteiger partial charge in [-0.05, 0) is 67.4 Å². The molecule has 4 rings (SSSR count). The van der Waals surface area contributed by atoms with E-state index in [1.165, 1.54) is 0 Å². The van der Waals surface area contributed by atoms with E-state index in [1.54, 1.807) is 19.2 Å². The molecule has 0 bridgehead atoms. The van der Waals surface area contributed by atoms with Gasteiger partial charge in [0.25, 0.3) is 0 Å². The largest absolute Gasteiger partial charge is 0.455 e. The molecule has 0 amide bonds. The summed E-state index contributed by atoms with van der Waals surface area (Å²) in [4.78, 5) is 9.10. The van der Waals surface area contributed by atoms with Crippen LogP contribution in [-0.4, -0.2) is 15.1 Å². The third-order valence-corrected chi connectivity index (χ3v) is 5.18. The third kappa shape index (κ3) is 4.95. The fourth-order valence-corrected chi connectivity index (χ4v) is 3.54. The Bertz CT molecular complexity index is 1210. The number of hydrogen-bond acceptors (Lipinski definition) is 5. The van der Waals surface area contributed by atoms with Crippen LogP contribution in [0.3, 0.4) is 0 Å². The highest BCUT2D eigenvalue weighted by Crippen LogP contribution is 2.36. The molecule has 0 radical (unpaired) electrons. The number of aryl methyl sites for hydroxylation is 1. The van der Waals surface area contributed by atoms with Crippen LogP contribution >= 0.6 is 11.6 Å². The minimum absolute atomic E-state index is 0.570. The third-order valence-electron chi connectivity index (χ3n) is 4.95. The first-order valence-electron chi connectivity index (χ1n) is 10.3. The molecule has 1 atom stereocenters. The van der Waals surface area contributed by atoms with Crippen LogP contribution in [0, 0.1) is 0 Å². The highest BCUT2D eigenvalue weighted by molar-refractivity contribution is 6.31. The zero-order chi connectivity index (χ0) is 21.8. The molecule has 31 heavy (non-hydrogen) atoms. The number of fused-ring (bicyclic) bond motifs is 1. The molecule has 0 spiro atoms. The Hall–Kier alpha value is -3.15. The van der Waals surface area contributed by atoms with Gasteiger partial charge < -0.3 is 15.2 Å². The minimum Gasteiger partial charge on any atom is -0.455 e. The first kappa shape index (κ1) is 21.1. The van der Waals surface area contributed by atoms with Crippen molar-refractivity contribution in [3.05, 3.63) is 83.1 Å². The van der Waals surface area contributed by atoms with Crippen molar-refractivity contribution in [3.8, 4) is 11.5 Å². The number of aliphatic hydroxyl groups is 1. The molecule has 158 valence electrons. The molecular formula is C25H24ClN3O2. The Labute approximate surface area is 186 Å². The first-order chi connectivity index (χ1) is 15.0. The van der Waals surface area contributed by atoms with Crippen LogP contribution in [-0.2, 0) is 6.42 Å². The van der Waals surface area contributed by atoms with Gasteiger partial charge in [-0.3, -0.25) is 0 Å². The van der Waals surface area contributed by atoms with Gasteiger partial charge in [-0.2, -0.15) is 0 Å². The molecule has 2 N–H and O–H groups in total. The zero-order valence-electron chi connectivity index (χ0n) is 17.5. The average Bonchev–Trinajstić information content (AvgIpc) is 2.76. The van der Waals surface area contributed by atoms with Crippen LogP contribution < -0.4 is 10.1 Å². The molecule has 6 heteroatoms. The molecule has 0 aliphatic carbocycles. The number of ether oxygens (including phenoxy) is 1. The van der Waals surface area contributed by atoms with E-state index >= 15 is 0 Å². The number of anilines is 2. The van der Waals surface area contributed by atoms with Crippen molar-refractivity contribution >= 4 is 34.0 Å². The lowest BCUT2D eigenvalue weighted by Crippen LogP contribution is -1.98. The Balaban J connectivity index is 1.68. The van der Waals surface area contributed by atoms with Crippen molar-refractivity contribution < 1.29 is 9.84 Å². The molecular weight excluding hydrogens is 410 g/mol. The van der Waals surface area contributed by atoms with Crippen molar-refractivity contribution in [2.24, 2.45) is 0 Å². The van der Waals surface area contributed by atoms with Crippen LogP contribution in [0.4, 0.5) is 11.4 Å². The van der Waals surface area contributed by atoms with Gasteiger partial charge >= 0.3 is 0 Å². The number of aromatic nitrogens is 2. The van der Waals surface area contributed by atoms with Gasteiger partial charge in [-0.1, -0.05) is 37.1 Å². The molecule has 0 saturated heterocycles. The molecule has 2 heterocycles. The maximum atomic E-state index is 9.86. The van der Waals surface area contributed by atoms with Crippen molar-refractivity contribution in [2.75, 3.05) is 5.32 Å². The summed E-state index contributed by atoms with van der Waals surface area (Å²) in [5.74, 6) is 1.25. The predicted molar refractivity (Wildman–Crippen MR) is 125 cm³/mol. The summed E-state index contributed by atoms with van der Waals surface area (Å²) in [6.07, 6.45) is 3.13. The summed E-state index contributed by atoms with van der Waals surface area (Å²) >= 11 is 6.27. The lowest BCUT2D eigenvalue weighted by molar-refractivity contribution is 0.199. The van der Waals surface area contributed by atoms with Crippen LogP contribution in [0.1, 0.15) is 37.6 Å². The lowest BCUT2D eigenvalue weighted by Gasteiger charge is -2.16. The van der Waals surface area contributed by atoms with Gasteiger partial charge in [0.2, 0.25) is 0 Å². The van der Waals surface area contributed by atoms with Gasteiger partial charge in [-0.15, -0.1) is 0 Å². The first-order valence-corrected chi connectivity index (χ1v) is 10.7. The fraction of sp³-hybridized carbons (Fsp3) is 0.200. The van der Waals surface area contributed by atoms with Gasteiger partial charge in [0.15, 0.2) is 11.4 Å².